The molecule has 0 saturated heterocycles. The summed E-state index contributed by atoms with van der Waals surface area (Å²) in [6.45, 7) is -3.04. The largest absolute Gasteiger partial charge is 0.493 e. The number of alkyl halides is 2. The lowest BCUT2D eigenvalue weighted by Crippen LogP contribution is -2.30. The highest BCUT2D eigenvalue weighted by Crippen LogP contribution is 2.29. The van der Waals surface area contributed by atoms with Crippen LogP contribution in [-0.4, -0.2) is 34.6 Å². The van der Waals surface area contributed by atoms with E-state index >= 15 is 0 Å². The smallest absolute Gasteiger partial charge is 0.387 e. The molecule has 2 aromatic rings. The van der Waals surface area contributed by atoms with Crippen molar-refractivity contribution in [2.24, 2.45) is 0 Å². The number of hydrogen-bond donors (Lipinski definition) is 2. The van der Waals surface area contributed by atoms with E-state index in [1.54, 1.807) is 18.2 Å². The minimum Gasteiger partial charge on any atom is -0.493 e. The SMILES string of the molecule is COc1ccc(CNC(=O)CCNS(=O)(=O)c2ccc(Br)cc2)cc1OC(F)F. The number of ether oxygens (including phenoxy) is 2. The summed E-state index contributed by atoms with van der Waals surface area (Å²) in [6, 6.07) is 10.5. The highest BCUT2D eigenvalue weighted by atomic mass is 79.9. The Labute approximate surface area is 175 Å². The summed E-state index contributed by atoms with van der Waals surface area (Å²) in [4.78, 5) is 12.0. The summed E-state index contributed by atoms with van der Waals surface area (Å²) >= 11 is 3.22. The van der Waals surface area contributed by atoms with Crippen molar-refractivity contribution in [1.29, 1.82) is 0 Å². The molecule has 0 aliphatic heterocycles. The first-order valence-corrected chi connectivity index (χ1v) is 10.6. The van der Waals surface area contributed by atoms with Gasteiger partial charge in [0.1, 0.15) is 0 Å². The van der Waals surface area contributed by atoms with Gasteiger partial charge in [0.05, 0.1) is 12.0 Å². The van der Waals surface area contributed by atoms with Crippen LogP contribution in [0.3, 0.4) is 0 Å². The quantitative estimate of drug-likeness (QED) is 0.531. The van der Waals surface area contributed by atoms with Crippen molar-refractivity contribution in [3.05, 3.63) is 52.5 Å². The van der Waals surface area contributed by atoms with Crippen LogP contribution in [0.1, 0.15) is 12.0 Å². The molecule has 11 heteroatoms. The molecule has 0 fully saturated rings. The van der Waals surface area contributed by atoms with Crippen molar-refractivity contribution < 1.29 is 31.5 Å². The van der Waals surface area contributed by atoms with Crippen molar-refractivity contribution in [3.8, 4) is 11.5 Å². The molecule has 29 heavy (non-hydrogen) atoms. The third kappa shape index (κ3) is 7.26. The van der Waals surface area contributed by atoms with E-state index in [1.165, 1.54) is 31.4 Å². The van der Waals surface area contributed by atoms with Crippen molar-refractivity contribution in [2.75, 3.05) is 13.7 Å². The fraction of sp³-hybridized carbons (Fsp3) is 0.278. The Kier molecular flexibility index (Phi) is 8.35. The number of nitrogens with one attached hydrogen (secondary N) is 2. The van der Waals surface area contributed by atoms with Gasteiger partial charge in [0.25, 0.3) is 0 Å². The number of sulfonamides is 1. The summed E-state index contributed by atoms with van der Waals surface area (Å²) in [7, 11) is -2.39. The Hall–Kier alpha value is -2.24. The maximum absolute atomic E-state index is 12.5. The Morgan fingerprint density at radius 3 is 2.45 bits per heavy atom. The normalized spacial score (nSPS) is 11.3. The van der Waals surface area contributed by atoms with Crippen LogP contribution >= 0.6 is 15.9 Å². The second kappa shape index (κ2) is 10.5. The molecule has 158 valence electrons. The third-order valence-electron chi connectivity index (χ3n) is 3.70. The number of hydrogen-bond acceptors (Lipinski definition) is 5. The third-order valence-corrected chi connectivity index (χ3v) is 5.71. The van der Waals surface area contributed by atoms with Crippen LogP contribution in [0.2, 0.25) is 0 Å². The highest BCUT2D eigenvalue weighted by Gasteiger charge is 2.14. The number of amides is 1. The predicted octanol–water partition coefficient (Wildman–Crippen LogP) is 3.04. The molecule has 2 rings (SSSR count). The molecule has 0 aliphatic rings. The molecule has 7 nitrogen and oxygen atoms in total. The van der Waals surface area contributed by atoms with Crippen molar-refractivity contribution in [1.82, 2.24) is 10.0 Å². The number of halogens is 3. The molecule has 0 spiro atoms. The molecule has 2 aromatic carbocycles. The molecule has 0 aromatic heterocycles. The number of benzene rings is 2. The molecule has 0 aliphatic carbocycles. The van der Waals surface area contributed by atoms with Crippen LogP contribution in [0.15, 0.2) is 51.8 Å². The Balaban J connectivity index is 1.85. The monoisotopic (exact) mass is 492 g/mol. The maximum Gasteiger partial charge on any atom is 0.387 e. The Morgan fingerprint density at radius 2 is 1.83 bits per heavy atom. The minimum absolute atomic E-state index is 0.0574. The van der Waals surface area contributed by atoms with Gasteiger partial charge in [-0.2, -0.15) is 8.78 Å². The Morgan fingerprint density at radius 1 is 1.14 bits per heavy atom. The molecule has 0 bridgehead atoms. The molecular formula is C18H19BrF2N2O5S. The average molecular weight is 493 g/mol. The van der Waals surface area contributed by atoms with Gasteiger partial charge in [-0.1, -0.05) is 22.0 Å². The van der Waals surface area contributed by atoms with E-state index in [0.29, 0.717) is 5.56 Å². The number of carbonyl (C=O) groups is 1. The highest BCUT2D eigenvalue weighted by molar-refractivity contribution is 9.10. The minimum atomic E-state index is -3.72. The van der Waals surface area contributed by atoms with E-state index < -0.39 is 22.5 Å². The van der Waals surface area contributed by atoms with Crippen LogP contribution in [0.5, 0.6) is 11.5 Å². The van der Waals surface area contributed by atoms with E-state index in [2.05, 4.69) is 30.7 Å². The molecule has 2 N–H and O–H groups in total. The van der Waals surface area contributed by atoms with Crippen molar-refractivity contribution in [3.63, 3.8) is 0 Å². The molecule has 0 atom stereocenters. The topological polar surface area (TPSA) is 93.7 Å². The van der Waals surface area contributed by atoms with E-state index in [1.807, 2.05) is 0 Å². The van der Waals surface area contributed by atoms with E-state index in [-0.39, 0.29) is 35.9 Å². The standard InChI is InChI=1S/C18H19BrF2N2O5S/c1-27-15-7-2-12(10-16(15)28-18(20)21)11-22-17(24)8-9-23-29(25,26)14-5-3-13(19)4-6-14/h2-7,10,18,23H,8-9,11H2,1H3,(H,22,24). The molecule has 1 amide bonds. The zero-order chi connectivity index (χ0) is 21.4. The maximum atomic E-state index is 12.5. The van der Waals surface area contributed by atoms with Gasteiger partial charge in [-0.05, 0) is 42.0 Å². The molecule has 0 heterocycles. The molecule has 0 unspecified atom stereocenters. The summed E-state index contributed by atoms with van der Waals surface area (Å²) in [5.74, 6) is -0.408. The van der Waals surface area contributed by atoms with Gasteiger partial charge in [0.2, 0.25) is 15.9 Å². The first kappa shape index (κ1) is 23.0. The van der Waals surface area contributed by atoms with Crippen LogP contribution < -0.4 is 19.5 Å². The van der Waals surface area contributed by atoms with E-state index in [0.717, 1.165) is 4.47 Å². The second-order valence-corrected chi connectivity index (χ2v) is 8.42. The first-order chi connectivity index (χ1) is 13.7. The summed E-state index contributed by atoms with van der Waals surface area (Å²) in [5.41, 5.74) is 0.519. The summed E-state index contributed by atoms with van der Waals surface area (Å²) in [6.07, 6.45) is -0.0910. The van der Waals surface area contributed by atoms with E-state index in [9.17, 15) is 22.0 Å². The summed E-state index contributed by atoms with van der Waals surface area (Å²) in [5, 5.41) is 2.59. The predicted molar refractivity (Wildman–Crippen MR) is 105 cm³/mol. The second-order valence-electron chi connectivity index (χ2n) is 5.74. The van der Waals surface area contributed by atoms with Crippen LogP contribution in [0, 0.1) is 0 Å². The number of methoxy groups -OCH3 is 1. The van der Waals surface area contributed by atoms with Crippen LogP contribution in [0.25, 0.3) is 0 Å². The molecular weight excluding hydrogens is 474 g/mol. The fourth-order valence-corrected chi connectivity index (χ4v) is 3.60. The van der Waals surface area contributed by atoms with Crippen LogP contribution in [0.4, 0.5) is 8.78 Å². The van der Waals surface area contributed by atoms with Gasteiger partial charge in [-0.25, -0.2) is 13.1 Å². The lowest BCUT2D eigenvalue weighted by molar-refractivity contribution is -0.121. The van der Waals surface area contributed by atoms with Gasteiger partial charge in [0, 0.05) is 24.0 Å². The zero-order valence-corrected chi connectivity index (χ0v) is 17.7. The van der Waals surface area contributed by atoms with Gasteiger partial charge >= 0.3 is 6.61 Å². The van der Waals surface area contributed by atoms with Gasteiger partial charge in [-0.15, -0.1) is 0 Å². The number of rotatable bonds is 10. The number of carbonyl (C=O) groups excluding carboxylic acids is 1. The van der Waals surface area contributed by atoms with Gasteiger partial charge in [0.15, 0.2) is 11.5 Å². The van der Waals surface area contributed by atoms with Crippen LogP contribution in [-0.2, 0) is 21.4 Å². The lowest BCUT2D eigenvalue weighted by Gasteiger charge is -2.12. The molecule has 0 radical (unpaired) electrons. The lowest BCUT2D eigenvalue weighted by atomic mass is 10.2. The summed E-state index contributed by atoms with van der Waals surface area (Å²) < 4.78 is 61.6. The Bertz CT molecular complexity index is 940. The van der Waals surface area contributed by atoms with Gasteiger partial charge in [-0.3, -0.25) is 4.79 Å². The van der Waals surface area contributed by atoms with Crippen molar-refractivity contribution in [2.45, 2.75) is 24.5 Å². The average Bonchev–Trinajstić information content (AvgIpc) is 2.66. The molecule has 0 saturated carbocycles. The first-order valence-electron chi connectivity index (χ1n) is 8.35. The zero-order valence-electron chi connectivity index (χ0n) is 15.3. The van der Waals surface area contributed by atoms with Gasteiger partial charge < -0.3 is 14.8 Å². The fourth-order valence-electron chi connectivity index (χ4n) is 2.30. The van der Waals surface area contributed by atoms with Crippen molar-refractivity contribution >= 4 is 31.9 Å². The van der Waals surface area contributed by atoms with E-state index in [4.69, 9.17) is 4.74 Å².